The van der Waals surface area contributed by atoms with Crippen LogP contribution in [0.4, 0.5) is 8.78 Å². The monoisotopic (exact) mass is 830 g/mol. The number of nitrogens with one attached hydrogen (secondary N) is 1. The number of halogens is 2. The van der Waals surface area contributed by atoms with Gasteiger partial charge in [0, 0.05) is 19.8 Å². The SMILES string of the molecule is CC(C)n1nc(O[C@@H]2C[C@H]3C(=O)C[C@]4(C(=O)NS(=O)(=O)C5CC5)C[C@H]4/C=C\CC[C@@H](C)C[C@@H](C)[C@H](CC(=O)OC(C)(C)C(C)(F)F)C(=O)N3C2)c2ccccc2c1=O. The molecule has 0 radical (unpaired) electrons. The van der Waals surface area contributed by atoms with Crippen LogP contribution in [0.2, 0.25) is 0 Å². The van der Waals surface area contributed by atoms with E-state index in [9.17, 15) is 41.2 Å². The number of benzene rings is 1. The molecule has 2 amide bonds. The van der Waals surface area contributed by atoms with Gasteiger partial charge in [0.2, 0.25) is 27.7 Å². The fourth-order valence-corrected chi connectivity index (χ4v) is 9.74. The molecule has 3 fully saturated rings. The number of carbonyl (C=O) groups is 4. The van der Waals surface area contributed by atoms with E-state index in [1.165, 1.54) is 9.58 Å². The van der Waals surface area contributed by atoms with Gasteiger partial charge in [-0.15, -0.1) is 5.10 Å². The summed E-state index contributed by atoms with van der Waals surface area (Å²) in [5, 5.41) is 4.67. The molecule has 1 aromatic carbocycles. The first kappa shape index (κ1) is 43.4. The first-order chi connectivity index (χ1) is 27.0. The lowest BCUT2D eigenvalue weighted by Gasteiger charge is -2.34. The maximum Gasteiger partial charge on any atom is 0.307 e. The molecule has 0 spiro atoms. The molecule has 16 heteroatoms. The van der Waals surface area contributed by atoms with E-state index in [0.29, 0.717) is 49.8 Å². The van der Waals surface area contributed by atoms with Crippen molar-refractivity contribution in [1.82, 2.24) is 19.4 Å². The van der Waals surface area contributed by atoms with Crippen LogP contribution >= 0.6 is 0 Å². The number of hydrogen-bond donors (Lipinski definition) is 1. The number of allylic oxidation sites excluding steroid dienone is 2. The van der Waals surface area contributed by atoms with Crippen LogP contribution in [0.1, 0.15) is 112 Å². The summed E-state index contributed by atoms with van der Waals surface area (Å²) in [6.07, 6.45) is 5.03. The van der Waals surface area contributed by atoms with Crippen molar-refractivity contribution in [2.24, 2.45) is 29.1 Å². The smallest absolute Gasteiger partial charge is 0.307 e. The lowest BCUT2D eigenvalue weighted by molar-refractivity contribution is -0.197. The van der Waals surface area contributed by atoms with Gasteiger partial charge in [0.05, 0.1) is 52.4 Å². The molecule has 2 aromatic rings. The van der Waals surface area contributed by atoms with Crippen molar-refractivity contribution in [1.29, 1.82) is 0 Å². The molecule has 1 aromatic heterocycles. The van der Waals surface area contributed by atoms with E-state index < -0.39 is 92.1 Å². The van der Waals surface area contributed by atoms with Crippen LogP contribution in [0.5, 0.6) is 5.88 Å². The second-order valence-corrected chi connectivity index (χ2v) is 19.9. The molecule has 2 aliphatic carbocycles. The topological polar surface area (TPSA) is 171 Å². The van der Waals surface area contributed by atoms with E-state index in [2.05, 4.69) is 9.82 Å². The summed E-state index contributed by atoms with van der Waals surface area (Å²) in [6.45, 7) is 10.2. The number of ketones is 1. The Bertz CT molecular complexity index is 2140. The average Bonchev–Trinajstić information content (AvgIpc) is 4.06. The van der Waals surface area contributed by atoms with Crippen LogP contribution in [0.15, 0.2) is 41.2 Å². The minimum atomic E-state index is -3.93. The molecule has 4 aliphatic rings. The molecule has 1 saturated heterocycles. The predicted octanol–water partition coefficient (Wildman–Crippen LogP) is 5.90. The number of carbonyl (C=O) groups excluding carboxylic acids is 4. The Labute approximate surface area is 338 Å². The third-order valence-electron chi connectivity index (χ3n) is 12.5. The summed E-state index contributed by atoms with van der Waals surface area (Å²) in [5.74, 6) is -7.90. The second-order valence-electron chi connectivity index (χ2n) is 18.0. The quantitative estimate of drug-likeness (QED) is 0.225. The van der Waals surface area contributed by atoms with Gasteiger partial charge in [0.15, 0.2) is 11.4 Å². The average molecular weight is 831 g/mol. The van der Waals surface area contributed by atoms with Crippen LogP contribution in [0, 0.1) is 29.1 Å². The Morgan fingerprint density at radius 3 is 2.34 bits per heavy atom. The van der Waals surface area contributed by atoms with E-state index in [0.717, 1.165) is 13.8 Å². The highest BCUT2D eigenvalue weighted by atomic mass is 32.2. The van der Waals surface area contributed by atoms with Gasteiger partial charge in [-0.05, 0) is 96.1 Å². The normalized spacial score (nSPS) is 29.2. The highest BCUT2D eigenvalue weighted by Crippen LogP contribution is 2.57. The van der Waals surface area contributed by atoms with Crippen molar-refractivity contribution >= 4 is 44.4 Å². The van der Waals surface area contributed by atoms with E-state index >= 15 is 0 Å². The number of esters is 1. The Balaban J connectivity index is 1.38. The summed E-state index contributed by atoms with van der Waals surface area (Å²) < 4.78 is 70.1. The predicted molar refractivity (Wildman–Crippen MR) is 211 cm³/mol. The lowest BCUT2D eigenvalue weighted by atomic mass is 9.82. The van der Waals surface area contributed by atoms with Crippen LogP contribution in [-0.2, 0) is 33.9 Å². The summed E-state index contributed by atoms with van der Waals surface area (Å²) in [4.78, 5) is 71.5. The zero-order chi connectivity index (χ0) is 42.5. The van der Waals surface area contributed by atoms with Gasteiger partial charge >= 0.3 is 5.97 Å². The third kappa shape index (κ3) is 9.01. The third-order valence-corrected chi connectivity index (χ3v) is 14.4. The van der Waals surface area contributed by atoms with Crippen LogP contribution in [0.25, 0.3) is 10.8 Å². The number of alkyl halides is 2. The zero-order valence-electron chi connectivity index (χ0n) is 34.3. The number of hydrogen-bond acceptors (Lipinski definition) is 10. The number of rotatable bonds is 10. The van der Waals surface area contributed by atoms with Gasteiger partial charge in [0.1, 0.15) is 6.10 Å². The number of aromatic nitrogens is 2. The Morgan fingerprint density at radius 1 is 1.03 bits per heavy atom. The maximum atomic E-state index is 14.9. The molecule has 7 atom stereocenters. The Kier molecular flexibility index (Phi) is 12.0. The van der Waals surface area contributed by atoms with Gasteiger partial charge in [-0.3, -0.25) is 28.7 Å². The summed E-state index contributed by atoms with van der Waals surface area (Å²) in [6, 6.07) is 5.33. The summed E-state index contributed by atoms with van der Waals surface area (Å²) in [5.41, 5.74) is -3.83. The molecule has 13 nitrogen and oxygen atoms in total. The minimum absolute atomic E-state index is 0.0308. The molecular formula is C42H56F2N4O9S. The van der Waals surface area contributed by atoms with Crippen molar-refractivity contribution in [2.75, 3.05) is 6.54 Å². The molecule has 2 aliphatic heterocycles. The largest absolute Gasteiger partial charge is 0.471 e. The van der Waals surface area contributed by atoms with Crippen molar-refractivity contribution < 1.29 is 45.9 Å². The van der Waals surface area contributed by atoms with Crippen molar-refractivity contribution in [3.05, 3.63) is 46.8 Å². The second kappa shape index (κ2) is 16.1. The fourth-order valence-electron chi connectivity index (χ4n) is 8.35. The molecule has 3 heterocycles. The summed E-state index contributed by atoms with van der Waals surface area (Å²) in [7, 11) is -3.93. The van der Waals surface area contributed by atoms with E-state index in [4.69, 9.17) is 9.47 Å². The molecule has 318 valence electrons. The highest BCUT2D eigenvalue weighted by Gasteiger charge is 2.62. The Morgan fingerprint density at radius 2 is 1.71 bits per heavy atom. The summed E-state index contributed by atoms with van der Waals surface area (Å²) >= 11 is 0. The molecule has 6 rings (SSSR count). The molecule has 1 N–H and O–H groups in total. The number of sulfonamides is 1. The molecule has 58 heavy (non-hydrogen) atoms. The Hall–Kier alpha value is -4.21. The number of Topliss-reactive ketones (excluding diaryl/α,β-unsaturated/α-hetero) is 1. The number of fused-ring (bicyclic) bond motifs is 3. The van der Waals surface area contributed by atoms with Crippen LogP contribution < -0.4 is 15.0 Å². The number of ether oxygens (including phenoxy) is 2. The van der Waals surface area contributed by atoms with Gasteiger partial charge in [-0.25, -0.2) is 21.9 Å². The molecule has 0 unspecified atom stereocenters. The lowest BCUT2D eigenvalue weighted by Crippen LogP contribution is -2.48. The van der Waals surface area contributed by atoms with Crippen molar-refractivity contribution in [3.63, 3.8) is 0 Å². The van der Waals surface area contributed by atoms with Gasteiger partial charge in [-0.2, -0.15) is 0 Å². The van der Waals surface area contributed by atoms with Crippen LogP contribution in [-0.4, -0.2) is 82.1 Å². The minimum Gasteiger partial charge on any atom is -0.471 e. The van der Waals surface area contributed by atoms with E-state index in [1.54, 1.807) is 38.1 Å². The van der Waals surface area contributed by atoms with Crippen molar-refractivity contribution in [2.45, 2.75) is 141 Å². The molecular weight excluding hydrogens is 775 g/mol. The highest BCUT2D eigenvalue weighted by molar-refractivity contribution is 7.90. The first-order valence-corrected chi connectivity index (χ1v) is 21.9. The standard InChI is InChI=1S/C42H56F2N4O9S/c1-24(2)48-38(52)31-15-11-10-14-30(31)36(45-48)56-28-19-33-34(49)22-42(39(53)46-58(54,55)29-16-17-29)21-27(42)13-9-8-12-25(3)18-26(4)32(37(51)47(33)23-28)20-35(50)57-40(5,6)41(7,43)44/h9-11,13-15,24-29,32-33H,8,12,16-23H2,1-7H3,(H,46,53)/b13-9-/t25-,26-,27-,28-,32+,33+,42-/m1/s1. The van der Waals surface area contributed by atoms with E-state index in [1.807, 2.05) is 26.0 Å². The fraction of sp³-hybridized carbons (Fsp3) is 0.667. The number of nitrogens with zero attached hydrogens (tertiary/aromatic N) is 3. The zero-order valence-corrected chi connectivity index (χ0v) is 35.2. The molecule has 2 saturated carbocycles. The number of amides is 2. The maximum absolute atomic E-state index is 14.9. The van der Waals surface area contributed by atoms with E-state index in [-0.39, 0.29) is 49.2 Å². The first-order valence-electron chi connectivity index (χ1n) is 20.4. The van der Waals surface area contributed by atoms with Gasteiger partial charge in [-0.1, -0.05) is 38.1 Å². The molecule has 0 bridgehead atoms. The van der Waals surface area contributed by atoms with Gasteiger partial charge in [0.25, 0.3) is 11.5 Å². The van der Waals surface area contributed by atoms with Crippen LogP contribution in [0.3, 0.4) is 0 Å². The van der Waals surface area contributed by atoms with Gasteiger partial charge < -0.3 is 14.4 Å². The van der Waals surface area contributed by atoms with Crippen molar-refractivity contribution in [3.8, 4) is 5.88 Å².